The molecule has 0 saturated carbocycles. The van der Waals surface area contributed by atoms with Crippen molar-refractivity contribution in [2.45, 2.75) is 26.1 Å². The second-order valence-corrected chi connectivity index (χ2v) is 2.77. The SMILES string of the molecule is CC(=O)/C=C/CC1OCCCO1. The standard InChI is InChI=1S/C9H14O3/c1-8(10)4-2-5-9-11-6-3-7-12-9/h2,4,9H,3,5-7H2,1H3/b4-2+. The van der Waals surface area contributed by atoms with Crippen LogP contribution in [0.2, 0.25) is 0 Å². The van der Waals surface area contributed by atoms with E-state index in [0.29, 0.717) is 6.42 Å². The van der Waals surface area contributed by atoms with Gasteiger partial charge in [-0.05, 0) is 19.4 Å². The van der Waals surface area contributed by atoms with Crippen molar-refractivity contribution in [2.75, 3.05) is 13.2 Å². The number of carbonyl (C=O) groups is 1. The predicted octanol–water partition coefficient (Wildman–Crippen LogP) is 1.28. The molecule has 0 unspecified atom stereocenters. The van der Waals surface area contributed by atoms with Crippen molar-refractivity contribution in [3.05, 3.63) is 12.2 Å². The van der Waals surface area contributed by atoms with Gasteiger partial charge >= 0.3 is 0 Å². The first-order chi connectivity index (χ1) is 5.79. The van der Waals surface area contributed by atoms with Crippen molar-refractivity contribution in [3.63, 3.8) is 0 Å². The van der Waals surface area contributed by atoms with E-state index in [0.717, 1.165) is 19.6 Å². The fraction of sp³-hybridized carbons (Fsp3) is 0.667. The third-order valence-electron chi connectivity index (χ3n) is 1.58. The Kier molecular flexibility index (Phi) is 3.97. The van der Waals surface area contributed by atoms with Gasteiger partial charge in [0.05, 0.1) is 13.2 Å². The quantitative estimate of drug-likeness (QED) is 0.598. The molecule has 0 aromatic heterocycles. The minimum Gasteiger partial charge on any atom is -0.352 e. The van der Waals surface area contributed by atoms with Gasteiger partial charge in [0.25, 0.3) is 0 Å². The fourth-order valence-electron chi connectivity index (χ4n) is 1.02. The van der Waals surface area contributed by atoms with Crippen molar-refractivity contribution in [1.82, 2.24) is 0 Å². The number of ketones is 1. The first-order valence-electron chi connectivity index (χ1n) is 4.19. The number of allylic oxidation sites excluding steroid dienone is 1. The van der Waals surface area contributed by atoms with Crippen LogP contribution in [0.1, 0.15) is 19.8 Å². The summed E-state index contributed by atoms with van der Waals surface area (Å²) in [5.74, 6) is 0.0609. The van der Waals surface area contributed by atoms with E-state index in [9.17, 15) is 4.79 Å². The van der Waals surface area contributed by atoms with Crippen LogP contribution in [0, 0.1) is 0 Å². The zero-order chi connectivity index (χ0) is 8.81. The van der Waals surface area contributed by atoms with E-state index in [1.807, 2.05) is 0 Å². The molecule has 12 heavy (non-hydrogen) atoms. The van der Waals surface area contributed by atoms with E-state index in [-0.39, 0.29) is 12.1 Å². The lowest BCUT2D eigenvalue weighted by Gasteiger charge is -2.21. The molecule has 0 aromatic rings. The Balaban J connectivity index is 2.17. The minimum absolute atomic E-state index is 0.0609. The molecule has 0 radical (unpaired) electrons. The zero-order valence-electron chi connectivity index (χ0n) is 7.29. The zero-order valence-corrected chi connectivity index (χ0v) is 7.29. The van der Waals surface area contributed by atoms with E-state index in [1.54, 1.807) is 12.2 Å². The highest BCUT2D eigenvalue weighted by Gasteiger charge is 2.11. The van der Waals surface area contributed by atoms with Gasteiger partial charge in [0, 0.05) is 6.42 Å². The van der Waals surface area contributed by atoms with Gasteiger partial charge in [-0.3, -0.25) is 4.79 Å². The minimum atomic E-state index is -0.144. The van der Waals surface area contributed by atoms with Crippen LogP contribution in [0.25, 0.3) is 0 Å². The normalized spacial score (nSPS) is 20.1. The lowest BCUT2D eigenvalue weighted by molar-refractivity contribution is -0.175. The van der Waals surface area contributed by atoms with Gasteiger partial charge in [-0.25, -0.2) is 0 Å². The molecule has 1 rings (SSSR count). The number of rotatable bonds is 3. The summed E-state index contributed by atoms with van der Waals surface area (Å²) in [5.41, 5.74) is 0. The third kappa shape index (κ3) is 3.64. The average molecular weight is 170 g/mol. The number of hydrogen-bond donors (Lipinski definition) is 0. The molecule has 0 aromatic carbocycles. The Hall–Kier alpha value is -0.670. The summed E-state index contributed by atoms with van der Waals surface area (Å²) in [4.78, 5) is 10.5. The van der Waals surface area contributed by atoms with Crippen LogP contribution in [0.15, 0.2) is 12.2 Å². The Labute approximate surface area is 72.4 Å². The molecule has 0 bridgehead atoms. The Morgan fingerprint density at radius 3 is 2.75 bits per heavy atom. The largest absolute Gasteiger partial charge is 0.352 e. The third-order valence-corrected chi connectivity index (χ3v) is 1.58. The second kappa shape index (κ2) is 5.06. The van der Waals surface area contributed by atoms with Gasteiger partial charge in [-0.1, -0.05) is 6.08 Å². The van der Waals surface area contributed by atoms with E-state index >= 15 is 0 Å². The smallest absolute Gasteiger partial charge is 0.160 e. The van der Waals surface area contributed by atoms with Crippen molar-refractivity contribution >= 4 is 5.78 Å². The molecule has 1 aliphatic rings. The maximum atomic E-state index is 10.5. The molecule has 1 heterocycles. The average Bonchev–Trinajstić information content (AvgIpc) is 2.05. The number of ether oxygens (including phenoxy) is 2. The van der Waals surface area contributed by atoms with E-state index < -0.39 is 0 Å². The first kappa shape index (κ1) is 9.42. The summed E-state index contributed by atoms with van der Waals surface area (Å²) >= 11 is 0. The van der Waals surface area contributed by atoms with Crippen LogP contribution in [0.5, 0.6) is 0 Å². The summed E-state index contributed by atoms with van der Waals surface area (Å²) < 4.78 is 10.5. The lowest BCUT2D eigenvalue weighted by atomic mass is 10.3. The van der Waals surface area contributed by atoms with Crippen molar-refractivity contribution in [3.8, 4) is 0 Å². The van der Waals surface area contributed by atoms with Crippen LogP contribution in [-0.4, -0.2) is 25.3 Å². The monoisotopic (exact) mass is 170 g/mol. The predicted molar refractivity (Wildman–Crippen MR) is 44.7 cm³/mol. The lowest BCUT2D eigenvalue weighted by Crippen LogP contribution is -2.24. The molecule has 0 amide bonds. The molecule has 0 N–H and O–H groups in total. The molecule has 1 saturated heterocycles. The second-order valence-electron chi connectivity index (χ2n) is 2.77. The van der Waals surface area contributed by atoms with Crippen LogP contribution in [0.4, 0.5) is 0 Å². The highest BCUT2D eigenvalue weighted by Crippen LogP contribution is 2.08. The maximum absolute atomic E-state index is 10.5. The Bertz CT molecular complexity index is 169. The summed E-state index contributed by atoms with van der Waals surface area (Å²) in [6.07, 6.45) is 4.82. The number of hydrogen-bond acceptors (Lipinski definition) is 3. The molecule has 1 aliphatic heterocycles. The van der Waals surface area contributed by atoms with Gasteiger partial charge in [-0.15, -0.1) is 0 Å². The summed E-state index contributed by atoms with van der Waals surface area (Å²) in [7, 11) is 0. The van der Waals surface area contributed by atoms with Crippen molar-refractivity contribution < 1.29 is 14.3 Å². The van der Waals surface area contributed by atoms with Gasteiger partial charge in [0.1, 0.15) is 0 Å². The Morgan fingerprint density at radius 1 is 1.50 bits per heavy atom. The summed E-state index contributed by atoms with van der Waals surface area (Å²) in [5, 5.41) is 0. The van der Waals surface area contributed by atoms with Crippen LogP contribution in [0.3, 0.4) is 0 Å². The molecular weight excluding hydrogens is 156 g/mol. The number of carbonyl (C=O) groups excluding carboxylic acids is 1. The summed E-state index contributed by atoms with van der Waals surface area (Å²) in [6, 6.07) is 0. The van der Waals surface area contributed by atoms with Crippen LogP contribution in [-0.2, 0) is 14.3 Å². The van der Waals surface area contributed by atoms with Gasteiger partial charge in [0.2, 0.25) is 0 Å². The molecule has 3 heteroatoms. The van der Waals surface area contributed by atoms with Crippen molar-refractivity contribution in [2.24, 2.45) is 0 Å². The van der Waals surface area contributed by atoms with Crippen molar-refractivity contribution in [1.29, 1.82) is 0 Å². The maximum Gasteiger partial charge on any atom is 0.160 e. The molecule has 1 fully saturated rings. The van der Waals surface area contributed by atoms with E-state index in [2.05, 4.69) is 0 Å². The first-order valence-corrected chi connectivity index (χ1v) is 4.19. The molecule has 3 nitrogen and oxygen atoms in total. The fourth-order valence-corrected chi connectivity index (χ4v) is 1.02. The van der Waals surface area contributed by atoms with Gasteiger partial charge < -0.3 is 9.47 Å². The highest BCUT2D eigenvalue weighted by molar-refractivity contribution is 5.87. The molecule has 0 atom stereocenters. The van der Waals surface area contributed by atoms with E-state index in [4.69, 9.17) is 9.47 Å². The van der Waals surface area contributed by atoms with Crippen LogP contribution >= 0.6 is 0 Å². The van der Waals surface area contributed by atoms with Crippen LogP contribution < -0.4 is 0 Å². The molecule has 0 aliphatic carbocycles. The molecular formula is C9H14O3. The van der Waals surface area contributed by atoms with Gasteiger partial charge in [0.15, 0.2) is 12.1 Å². The van der Waals surface area contributed by atoms with Gasteiger partial charge in [-0.2, -0.15) is 0 Å². The van der Waals surface area contributed by atoms with E-state index in [1.165, 1.54) is 6.92 Å². The highest BCUT2D eigenvalue weighted by atomic mass is 16.7. The summed E-state index contributed by atoms with van der Waals surface area (Å²) in [6.45, 7) is 3.05. The molecule has 0 spiro atoms. The topological polar surface area (TPSA) is 35.5 Å². The molecule has 68 valence electrons. The Morgan fingerprint density at radius 2 is 2.17 bits per heavy atom.